The molecular formula is C25H12F6N8O2. The second kappa shape index (κ2) is 9.02. The molecule has 0 saturated heterocycles. The molecule has 1 amide bonds. The molecule has 0 unspecified atom stereocenters. The van der Waals surface area contributed by atoms with Gasteiger partial charge < -0.3 is 10.3 Å². The van der Waals surface area contributed by atoms with Gasteiger partial charge in [0.05, 0.1) is 47.3 Å². The van der Waals surface area contributed by atoms with E-state index < -0.39 is 46.5 Å². The number of H-pyrrole nitrogens is 1. The molecule has 0 bridgehead atoms. The Morgan fingerprint density at radius 1 is 0.902 bits per heavy atom. The number of alkyl halides is 6. The first kappa shape index (κ1) is 25.8. The number of hydrogen-bond donors (Lipinski definition) is 2. The van der Waals surface area contributed by atoms with Gasteiger partial charge in [-0.1, -0.05) is 18.2 Å². The van der Waals surface area contributed by atoms with Gasteiger partial charge in [0.15, 0.2) is 11.6 Å². The number of amides is 1. The summed E-state index contributed by atoms with van der Waals surface area (Å²) in [5, 5.41) is 14.2. The Labute approximate surface area is 222 Å². The molecule has 2 aromatic carbocycles. The van der Waals surface area contributed by atoms with E-state index in [0.29, 0.717) is 27.7 Å². The summed E-state index contributed by atoms with van der Waals surface area (Å²) in [5.74, 6) is 0.361. The third-order valence-corrected chi connectivity index (χ3v) is 6.21. The van der Waals surface area contributed by atoms with Crippen molar-refractivity contribution in [3.05, 3.63) is 83.4 Å². The van der Waals surface area contributed by atoms with E-state index in [1.807, 2.05) is 0 Å². The largest absolute Gasteiger partial charge is 0.434 e. The van der Waals surface area contributed by atoms with Crippen LogP contribution >= 0.6 is 0 Å². The maximum absolute atomic E-state index is 14.4. The van der Waals surface area contributed by atoms with Crippen LogP contribution in [0.25, 0.3) is 33.2 Å². The molecule has 10 nitrogen and oxygen atoms in total. The first-order valence-corrected chi connectivity index (χ1v) is 11.5. The van der Waals surface area contributed by atoms with Crippen LogP contribution in [0.3, 0.4) is 0 Å². The smallest absolute Gasteiger partial charge is 0.330 e. The molecule has 0 fully saturated rings. The van der Waals surface area contributed by atoms with Gasteiger partial charge in [-0.25, -0.2) is 14.5 Å². The van der Waals surface area contributed by atoms with Gasteiger partial charge in [-0.05, 0) is 18.2 Å². The van der Waals surface area contributed by atoms with Crippen LogP contribution in [-0.2, 0) is 17.1 Å². The topological polar surface area (TPSA) is 123 Å². The highest BCUT2D eigenvalue weighted by molar-refractivity contribution is 6.11. The predicted octanol–water partition coefficient (Wildman–Crippen LogP) is 3.99. The second-order valence-electron chi connectivity index (χ2n) is 8.64. The number of nitrogens with zero attached hydrogens (tertiary/aromatic N) is 6. The average Bonchev–Trinajstić information content (AvgIpc) is 3.68. The Hall–Kier alpha value is -5.50. The number of aromatic amines is 1. The quantitative estimate of drug-likeness (QED) is 0.309. The van der Waals surface area contributed by atoms with Crippen LogP contribution in [0.4, 0.5) is 32.0 Å². The van der Waals surface area contributed by atoms with Gasteiger partial charge in [-0.15, -0.1) is 0 Å². The Bertz CT molecular complexity index is 2040. The van der Waals surface area contributed by atoms with Crippen molar-refractivity contribution in [2.45, 2.75) is 12.4 Å². The van der Waals surface area contributed by atoms with Gasteiger partial charge in [-0.2, -0.15) is 46.4 Å². The molecule has 41 heavy (non-hydrogen) atoms. The lowest BCUT2D eigenvalue weighted by Gasteiger charge is -2.15. The van der Waals surface area contributed by atoms with Crippen LogP contribution < -0.4 is 10.7 Å². The van der Waals surface area contributed by atoms with E-state index in [-0.39, 0.29) is 22.1 Å². The number of benzene rings is 2. The number of hydrogen-bond acceptors (Lipinski definition) is 6. The van der Waals surface area contributed by atoms with E-state index in [0.717, 1.165) is 35.5 Å². The Kier molecular flexibility index (Phi) is 5.67. The lowest BCUT2D eigenvalue weighted by Crippen LogP contribution is -2.21. The highest BCUT2D eigenvalue weighted by Gasteiger charge is 2.41. The number of carbonyl (C=O) groups excluding carboxylic acids is 2. The molecule has 0 saturated carbocycles. The molecule has 16 heteroatoms. The SMILES string of the molecule is O=C=c1[nH]c2ncc(-n3ncc(C(=O)Nc4ccc(-n5nccn5)c(C(F)(F)F)c4)c3C(F)(F)F)c3cccc1c23. The monoisotopic (exact) mass is 570 g/mol. The van der Waals surface area contributed by atoms with Crippen molar-refractivity contribution in [3.8, 4) is 11.4 Å². The molecule has 0 spiro atoms. The van der Waals surface area contributed by atoms with Crippen LogP contribution in [0.2, 0.25) is 0 Å². The molecule has 2 N–H and O–H groups in total. The van der Waals surface area contributed by atoms with Gasteiger partial charge in [0.2, 0.25) is 0 Å². The zero-order valence-electron chi connectivity index (χ0n) is 20.0. The Balaban J connectivity index is 1.44. The fourth-order valence-electron chi connectivity index (χ4n) is 4.54. The van der Waals surface area contributed by atoms with E-state index in [1.165, 1.54) is 12.1 Å². The van der Waals surface area contributed by atoms with Crippen LogP contribution in [0.5, 0.6) is 0 Å². The van der Waals surface area contributed by atoms with Crippen LogP contribution in [0.15, 0.2) is 61.2 Å². The lowest BCUT2D eigenvalue weighted by atomic mass is 10.1. The maximum Gasteiger partial charge on any atom is 0.434 e. The number of carbonyl (C=O) groups is 1. The zero-order valence-corrected chi connectivity index (χ0v) is 20.0. The average molecular weight is 570 g/mol. The summed E-state index contributed by atoms with van der Waals surface area (Å²) in [6.07, 6.45) is -5.95. The summed E-state index contributed by atoms with van der Waals surface area (Å²) in [5.41, 5.74) is -4.46. The number of halogens is 6. The standard InChI is InChI=1S/C25H12F6N8O2/c26-24(27,28)16-8-12(4-5-18(16)39-33-6-7-34-39)36-23(41)15-9-35-38(21(15)25(29,30)31)19-10-32-22-20-13(17(11-40)37-22)2-1-3-14(19)20/h1-10H,(H,32,37)(H,36,41). The second-order valence-corrected chi connectivity index (χ2v) is 8.64. The minimum Gasteiger partial charge on any atom is -0.330 e. The molecular weight excluding hydrogens is 558 g/mol. The third-order valence-electron chi connectivity index (χ3n) is 6.21. The van der Waals surface area contributed by atoms with E-state index in [9.17, 15) is 35.9 Å². The van der Waals surface area contributed by atoms with Crippen molar-refractivity contribution in [2.24, 2.45) is 0 Å². The molecule has 0 aliphatic rings. The molecule has 6 rings (SSSR count). The molecule has 4 heterocycles. The highest BCUT2D eigenvalue weighted by atomic mass is 19.4. The molecule has 0 aliphatic carbocycles. The molecule has 0 radical (unpaired) electrons. The normalized spacial score (nSPS) is 12.2. The van der Waals surface area contributed by atoms with Gasteiger partial charge in [-0.3, -0.25) is 4.79 Å². The van der Waals surface area contributed by atoms with Crippen molar-refractivity contribution < 1.29 is 35.9 Å². The van der Waals surface area contributed by atoms with E-state index in [2.05, 4.69) is 30.6 Å². The van der Waals surface area contributed by atoms with Crippen molar-refractivity contribution >= 4 is 39.3 Å². The minimum atomic E-state index is -5.12. The van der Waals surface area contributed by atoms with Crippen LogP contribution in [0, 0.1) is 0 Å². The molecule has 0 atom stereocenters. The fraction of sp³-hybridized carbons (Fsp3) is 0.0800. The van der Waals surface area contributed by atoms with Gasteiger partial charge in [0, 0.05) is 21.8 Å². The Morgan fingerprint density at radius 2 is 1.63 bits per heavy atom. The number of rotatable bonds is 4. The molecule has 6 aromatic rings. The highest BCUT2D eigenvalue weighted by Crippen LogP contribution is 2.38. The predicted molar refractivity (Wildman–Crippen MR) is 130 cm³/mol. The third kappa shape index (κ3) is 4.26. The number of pyridine rings is 1. The summed E-state index contributed by atoms with van der Waals surface area (Å²) < 4.78 is 84.8. The number of anilines is 1. The first-order chi connectivity index (χ1) is 19.5. The minimum absolute atomic E-state index is 0.0550. The summed E-state index contributed by atoms with van der Waals surface area (Å²) in [6.45, 7) is 0. The van der Waals surface area contributed by atoms with Crippen LogP contribution in [0.1, 0.15) is 21.6 Å². The van der Waals surface area contributed by atoms with Crippen molar-refractivity contribution in [2.75, 3.05) is 5.32 Å². The van der Waals surface area contributed by atoms with Gasteiger partial charge >= 0.3 is 12.4 Å². The Morgan fingerprint density at radius 3 is 2.32 bits per heavy atom. The summed E-state index contributed by atoms with van der Waals surface area (Å²) in [6, 6.07) is 7.17. The number of nitrogens with one attached hydrogen (secondary N) is 2. The summed E-state index contributed by atoms with van der Waals surface area (Å²) in [4.78, 5) is 31.9. The fourth-order valence-corrected chi connectivity index (χ4v) is 4.54. The van der Waals surface area contributed by atoms with Crippen molar-refractivity contribution in [3.63, 3.8) is 0 Å². The van der Waals surface area contributed by atoms with Crippen LogP contribution in [-0.4, -0.2) is 46.6 Å². The van der Waals surface area contributed by atoms with Gasteiger partial charge in [0.1, 0.15) is 11.0 Å². The first-order valence-electron chi connectivity index (χ1n) is 11.5. The van der Waals surface area contributed by atoms with Crippen molar-refractivity contribution in [1.29, 1.82) is 0 Å². The maximum atomic E-state index is 14.4. The lowest BCUT2D eigenvalue weighted by molar-refractivity contribution is -0.143. The van der Waals surface area contributed by atoms with E-state index >= 15 is 0 Å². The van der Waals surface area contributed by atoms with E-state index in [4.69, 9.17) is 0 Å². The molecule has 206 valence electrons. The number of aromatic nitrogens is 7. The van der Waals surface area contributed by atoms with Crippen molar-refractivity contribution in [1.82, 2.24) is 34.7 Å². The molecule has 4 aromatic heterocycles. The summed E-state index contributed by atoms with van der Waals surface area (Å²) >= 11 is 0. The van der Waals surface area contributed by atoms with E-state index in [1.54, 1.807) is 12.0 Å². The van der Waals surface area contributed by atoms with Gasteiger partial charge in [0.25, 0.3) is 5.91 Å². The molecule has 0 aliphatic heterocycles. The zero-order chi connectivity index (χ0) is 29.1. The summed E-state index contributed by atoms with van der Waals surface area (Å²) in [7, 11) is 0.